The van der Waals surface area contributed by atoms with Gasteiger partial charge in [0.1, 0.15) is 5.82 Å². The number of benzene rings is 2. The van der Waals surface area contributed by atoms with Crippen LogP contribution in [0.2, 0.25) is 0 Å². The van der Waals surface area contributed by atoms with Gasteiger partial charge in [-0.25, -0.2) is 8.42 Å². The molecule has 0 saturated heterocycles. The van der Waals surface area contributed by atoms with Crippen LogP contribution in [0.4, 0.5) is 0 Å². The summed E-state index contributed by atoms with van der Waals surface area (Å²) in [5, 5.41) is 7.87. The van der Waals surface area contributed by atoms with Gasteiger partial charge in [0.2, 0.25) is 9.84 Å². The third kappa shape index (κ3) is 3.38. The van der Waals surface area contributed by atoms with Gasteiger partial charge in [-0.2, -0.15) is 0 Å². The summed E-state index contributed by atoms with van der Waals surface area (Å²) in [6, 6.07) is 17.2. The van der Waals surface area contributed by atoms with Crippen LogP contribution in [-0.4, -0.2) is 28.9 Å². The summed E-state index contributed by atoms with van der Waals surface area (Å²) in [6.07, 6.45) is 0.448. The monoisotopic (exact) mass is 341 g/mol. The van der Waals surface area contributed by atoms with E-state index in [4.69, 9.17) is 0 Å². The van der Waals surface area contributed by atoms with E-state index in [0.29, 0.717) is 12.2 Å². The van der Waals surface area contributed by atoms with Crippen LogP contribution in [0.5, 0.6) is 0 Å². The minimum absolute atomic E-state index is 0.00102. The first-order valence-corrected chi connectivity index (χ1v) is 9.38. The maximum atomic E-state index is 12.8. The molecule has 24 heavy (non-hydrogen) atoms. The molecule has 0 atom stereocenters. The van der Waals surface area contributed by atoms with Crippen molar-refractivity contribution in [2.45, 2.75) is 25.4 Å². The Labute approximate surface area is 141 Å². The van der Waals surface area contributed by atoms with Crippen molar-refractivity contribution in [1.29, 1.82) is 0 Å². The zero-order valence-electron chi connectivity index (χ0n) is 13.7. The van der Waals surface area contributed by atoms with Crippen LogP contribution in [0.3, 0.4) is 0 Å². The molecular formula is C18H19N3O2S. The highest BCUT2D eigenvalue weighted by molar-refractivity contribution is 7.91. The Kier molecular flexibility index (Phi) is 4.49. The van der Waals surface area contributed by atoms with Crippen LogP contribution < -0.4 is 0 Å². The van der Waals surface area contributed by atoms with Crippen molar-refractivity contribution in [3.63, 3.8) is 0 Å². The maximum Gasteiger partial charge on any atom is 0.254 e. The molecule has 6 heteroatoms. The first-order valence-electron chi connectivity index (χ1n) is 7.73. The number of aromatic nitrogens is 3. The van der Waals surface area contributed by atoms with Gasteiger partial charge >= 0.3 is 0 Å². The smallest absolute Gasteiger partial charge is 0.254 e. The number of rotatable bonds is 5. The molecule has 0 N–H and O–H groups in total. The van der Waals surface area contributed by atoms with Crippen LogP contribution in [0, 0.1) is 13.8 Å². The maximum absolute atomic E-state index is 12.8. The lowest BCUT2D eigenvalue weighted by molar-refractivity contribution is 0.582. The van der Waals surface area contributed by atoms with E-state index in [0.717, 1.165) is 16.8 Å². The Bertz CT molecular complexity index is 930. The second-order valence-corrected chi connectivity index (χ2v) is 7.76. The molecule has 0 amide bonds. The van der Waals surface area contributed by atoms with Gasteiger partial charge in [0, 0.05) is 5.69 Å². The van der Waals surface area contributed by atoms with Crippen LogP contribution in [-0.2, 0) is 16.3 Å². The van der Waals surface area contributed by atoms with E-state index in [2.05, 4.69) is 10.2 Å². The molecule has 0 unspecified atom stereocenters. The fourth-order valence-corrected chi connectivity index (χ4v) is 3.88. The number of sulfone groups is 1. The van der Waals surface area contributed by atoms with Crippen LogP contribution in [0.25, 0.3) is 5.69 Å². The quantitative estimate of drug-likeness (QED) is 0.716. The predicted octanol–water partition coefficient (Wildman–Crippen LogP) is 2.90. The summed E-state index contributed by atoms with van der Waals surface area (Å²) in [5.74, 6) is 0.552. The minimum atomic E-state index is -3.54. The lowest BCUT2D eigenvalue weighted by Crippen LogP contribution is -2.15. The highest BCUT2D eigenvalue weighted by Gasteiger charge is 2.24. The fraction of sp³-hybridized carbons (Fsp3) is 0.222. The molecule has 2 aromatic carbocycles. The highest BCUT2D eigenvalue weighted by atomic mass is 32.2. The van der Waals surface area contributed by atoms with E-state index < -0.39 is 9.84 Å². The fourth-order valence-electron chi connectivity index (χ4n) is 2.52. The van der Waals surface area contributed by atoms with Gasteiger partial charge in [0.25, 0.3) is 5.16 Å². The Morgan fingerprint density at radius 2 is 1.58 bits per heavy atom. The molecule has 0 aliphatic carbocycles. The third-order valence-electron chi connectivity index (χ3n) is 3.87. The third-order valence-corrected chi connectivity index (χ3v) is 5.43. The molecule has 1 aromatic heterocycles. The topological polar surface area (TPSA) is 64.8 Å². The Morgan fingerprint density at radius 1 is 0.917 bits per heavy atom. The molecule has 1 heterocycles. The summed E-state index contributed by atoms with van der Waals surface area (Å²) in [6.45, 7) is 3.75. The van der Waals surface area contributed by atoms with Crippen molar-refractivity contribution in [3.8, 4) is 5.69 Å². The molecule has 124 valence electrons. The summed E-state index contributed by atoms with van der Waals surface area (Å²) in [4.78, 5) is 0. The van der Waals surface area contributed by atoms with E-state index >= 15 is 0 Å². The Morgan fingerprint density at radius 3 is 2.25 bits per heavy atom. The molecule has 0 spiro atoms. The second kappa shape index (κ2) is 6.57. The summed E-state index contributed by atoms with van der Waals surface area (Å²) in [7, 11) is -3.54. The van der Waals surface area contributed by atoms with E-state index in [-0.39, 0.29) is 10.9 Å². The van der Waals surface area contributed by atoms with Crippen molar-refractivity contribution in [1.82, 2.24) is 14.8 Å². The van der Waals surface area contributed by atoms with Crippen molar-refractivity contribution < 1.29 is 8.42 Å². The molecule has 0 saturated carbocycles. The predicted molar refractivity (Wildman–Crippen MR) is 93.0 cm³/mol. The Balaban J connectivity index is 1.89. The van der Waals surface area contributed by atoms with Gasteiger partial charge in [-0.1, -0.05) is 48.0 Å². The molecule has 0 bridgehead atoms. The first-order chi connectivity index (χ1) is 11.5. The highest BCUT2D eigenvalue weighted by Crippen LogP contribution is 2.18. The zero-order chi connectivity index (χ0) is 17.2. The lowest BCUT2D eigenvalue weighted by Gasteiger charge is -2.09. The van der Waals surface area contributed by atoms with E-state index in [1.807, 2.05) is 61.5 Å². The van der Waals surface area contributed by atoms with Crippen LogP contribution in [0.15, 0.2) is 59.8 Å². The number of hydrogen-bond acceptors (Lipinski definition) is 4. The molecule has 0 aliphatic heterocycles. The van der Waals surface area contributed by atoms with Gasteiger partial charge in [-0.05, 0) is 38.0 Å². The van der Waals surface area contributed by atoms with Crippen molar-refractivity contribution in [2.24, 2.45) is 0 Å². The number of para-hydroxylation sites is 1. The van der Waals surface area contributed by atoms with E-state index in [1.165, 1.54) is 0 Å². The lowest BCUT2D eigenvalue weighted by atomic mass is 10.1. The molecule has 0 radical (unpaired) electrons. The summed E-state index contributed by atoms with van der Waals surface area (Å²) in [5.41, 5.74) is 2.89. The zero-order valence-corrected chi connectivity index (χ0v) is 14.5. The normalized spacial score (nSPS) is 11.6. The van der Waals surface area contributed by atoms with Gasteiger partial charge in [-0.15, -0.1) is 10.2 Å². The molecule has 3 aromatic rings. The molecule has 5 nitrogen and oxygen atoms in total. The number of aryl methyl sites for hydroxylation is 3. The second-order valence-electron chi connectivity index (χ2n) is 5.76. The van der Waals surface area contributed by atoms with Crippen molar-refractivity contribution in [2.75, 3.05) is 5.75 Å². The first kappa shape index (κ1) is 16.4. The molecular weight excluding hydrogens is 322 g/mol. The van der Waals surface area contributed by atoms with Gasteiger partial charge in [-0.3, -0.25) is 4.57 Å². The van der Waals surface area contributed by atoms with Crippen molar-refractivity contribution in [3.05, 3.63) is 71.5 Å². The molecule has 0 fully saturated rings. The number of hydrogen-bond donors (Lipinski definition) is 0. The van der Waals surface area contributed by atoms with E-state index in [1.54, 1.807) is 11.5 Å². The van der Waals surface area contributed by atoms with Gasteiger partial charge in [0.15, 0.2) is 0 Å². The van der Waals surface area contributed by atoms with E-state index in [9.17, 15) is 8.42 Å². The summed E-state index contributed by atoms with van der Waals surface area (Å²) >= 11 is 0. The van der Waals surface area contributed by atoms with Gasteiger partial charge < -0.3 is 0 Å². The van der Waals surface area contributed by atoms with Crippen LogP contribution in [0.1, 0.15) is 17.0 Å². The Hall–Kier alpha value is -2.47. The minimum Gasteiger partial charge on any atom is -0.270 e. The van der Waals surface area contributed by atoms with Crippen LogP contribution >= 0.6 is 0 Å². The summed E-state index contributed by atoms with van der Waals surface area (Å²) < 4.78 is 27.1. The SMILES string of the molecule is Cc1ccc(CCS(=O)(=O)c2nnc(C)n2-c2ccccc2)cc1. The average molecular weight is 341 g/mol. The number of nitrogens with zero attached hydrogens (tertiary/aromatic N) is 3. The average Bonchev–Trinajstić information content (AvgIpc) is 2.98. The molecule has 3 rings (SSSR count). The largest absolute Gasteiger partial charge is 0.270 e. The van der Waals surface area contributed by atoms with Gasteiger partial charge in [0.05, 0.1) is 5.75 Å². The van der Waals surface area contributed by atoms with Crippen molar-refractivity contribution >= 4 is 9.84 Å². The molecule has 0 aliphatic rings. The standard InChI is InChI=1S/C18H19N3O2S/c1-14-8-10-16(11-9-14)12-13-24(22,23)18-20-19-15(2)21(18)17-6-4-3-5-7-17/h3-11H,12-13H2,1-2H3.